The molecule has 1 N–H and O–H groups in total. The Morgan fingerprint density at radius 2 is 2.00 bits per heavy atom. The van der Waals surface area contributed by atoms with Gasteiger partial charge in [-0.25, -0.2) is 0 Å². The van der Waals surface area contributed by atoms with E-state index >= 15 is 0 Å². The maximum atomic E-state index is 6.29. The van der Waals surface area contributed by atoms with Crippen LogP contribution in [0.25, 0.3) is 0 Å². The zero-order chi connectivity index (χ0) is 15.4. The first-order chi connectivity index (χ1) is 9.15. The van der Waals surface area contributed by atoms with Crippen LogP contribution in [-0.2, 0) is 4.43 Å². The van der Waals surface area contributed by atoms with Gasteiger partial charge in [-0.15, -0.1) is 0 Å². The summed E-state index contributed by atoms with van der Waals surface area (Å²) < 4.78 is 7.28. The maximum Gasteiger partial charge on any atom is 0.192 e. The van der Waals surface area contributed by atoms with Gasteiger partial charge < -0.3 is 9.74 Å². The summed E-state index contributed by atoms with van der Waals surface area (Å²) in [7, 11) is -1.68. The fourth-order valence-electron chi connectivity index (χ4n) is 1.51. The van der Waals surface area contributed by atoms with E-state index in [1.165, 1.54) is 0 Å². The number of anilines is 1. The minimum Gasteiger partial charge on any atom is -0.415 e. The van der Waals surface area contributed by atoms with Gasteiger partial charge in [0, 0.05) is 16.7 Å². The molecule has 0 spiro atoms. The second-order valence-electron chi connectivity index (χ2n) is 6.71. The molecule has 0 unspecified atom stereocenters. The summed E-state index contributed by atoms with van der Waals surface area (Å²) in [6.07, 6.45) is 4.67. The lowest BCUT2D eigenvalue weighted by Crippen LogP contribution is -2.43. The van der Waals surface area contributed by atoms with E-state index in [9.17, 15) is 0 Å². The molecule has 1 aromatic heterocycles. The van der Waals surface area contributed by atoms with Crippen molar-refractivity contribution in [1.29, 1.82) is 0 Å². The Bertz CT molecular complexity index is 432. The number of nitrogens with zero attached hydrogens (tertiary/aromatic N) is 1. The summed E-state index contributed by atoms with van der Waals surface area (Å²) >= 11 is 3.44. The fourth-order valence-corrected chi connectivity index (χ4v) is 2.93. The molecule has 1 aromatic rings. The molecule has 0 aromatic carbocycles. The molecule has 0 aliphatic carbocycles. The van der Waals surface area contributed by atoms with Crippen LogP contribution in [0.5, 0.6) is 0 Å². The Labute approximate surface area is 132 Å². The summed E-state index contributed by atoms with van der Waals surface area (Å²) in [6, 6.07) is 2.36. The van der Waals surface area contributed by atoms with E-state index < -0.39 is 8.32 Å². The number of nitrogens with one attached hydrogen (secondary N) is 1. The Hall–Kier alpha value is -0.393. The van der Waals surface area contributed by atoms with Gasteiger partial charge in [-0.05, 0) is 46.5 Å². The summed E-state index contributed by atoms with van der Waals surface area (Å²) in [6.45, 7) is 14.3. The zero-order valence-corrected chi connectivity index (χ0v) is 16.0. The van der Waals surface area contributed by atoms with Crippen molar-refractivity contribution in [2.24, 2.45) is 0 Å². The number of hydrogen-bond acceptors (Lipinski definition) is 3. The highest BCUT2D eigenvalue weighted by molar-refractivity contribution is 9.10. The normalized spacial score (nSPS) is 14.2. The molecule has 0 radical (unpaired) electrons. The van der Waals surface area contributed by atoms with Gasteiger partial charge in [0.15, 0.2) is 8.32 Å². The third-order valence-electron chi connectivity index (χ3n) is 4.02. The van der Waals surface area contributed by atoms with Crippen molar-refractivity contribution in [3.05, 3.63) is 22.9 Å². The van der Waals surface area contributed by atoms with E-state index in [4.69, 9.17) is 4.43 Å². The van der Waals surface area contributed by atoms with Crippen molar-refractivity contribution in [3.63, 3.8) is 0 Å². The van der Waals surface area contributed by atoms with Crippen LogP contribution >= 0.6 is 15.9 Å². The van der Waals surface area contributed by atoms with Crippen molar-refractivity contribution in [1.82, 2.24) is 4.98 Å². The van der Waals surface area contributed by atoms with Crippen molar-refractivity contribution in [2.45, 2.75) is 58.3 Å². The van der Waals surface area contributed by atoms with E-state index in [0.29, 0.717) is 6.04 Å². The Morgan fingerprint density at radius 1 is 1.35 bits per heavy atom. The van der Waals surface area contributed by atoms with E-state index in [1.54, 1.807) is 6.20 Å². The van der Waals surface area contributed by atoms with Gasteiger partial charge in [0.05, 0.1) is 18.5 Å². The first kappa shape index (κ1) is 17.7. The molecule has 0 saturated heterocycles. The molecule has 1 heterocycles. The van der Waals surface area contributed by atoms with E-state index in [2.05, 4.69) is 67.0 Å². The fraction of sp³-hybridized carbons (Fsp3) is 0.667. The number of aromatic nitrogens is 1. The minimum atomic E-state index is -1.68. The van der Waals surface area contributed by atoms with E-state index in [0.717, 1.165) is 23.2 Å². The second-order valence-corrected chi connectivity index (χ2v) is 12.4. The van der Waals surface area contributed by atoms with Crippen molar-refractivity contribution in [3.8, 4) is 0 Å². The molecule has 1 rings (SSSR count). The third-order valence-corrected chi connectivity index (χ3v) is 8.95. The molecule has 114 valence electrons. The SMILES string of the molecule is CC[C@@H](CO[Si](C)(C)C(C)(C)C)Nc1cncc(Br)c1. The van der Waals surface area contributed by atoms with Gasteiger partial charge >= 0.3 is 0 Å². The molecular weight excluding hydrogens is 332 g/mol. The Kier molecular flexibility index (Phi) is 6.22. The van der Waals surface area contributed by atoms with Crippen LogP contribution in [0.4, 0.5) is 5.69 Å². The lowest BCUT2D eigenvalue weighted by molar-refractivity contribution is 0.268. The second kappa shape index (κ2) is 7.05. The molecule has 20 heavy (non-hydrogen) atoms. The summed E-state index contributed by atoms with van der Waals surface area (Å²) in [5.74, 6) is 0. The van der Waals surface area contributed by atoms with E-state index in [-0.39, 0.29) is 5.04 Å². The topological polar surface area (TPSA) is 34.1 Å². The average molecular weight is 359 g/mol. The van der Waals surface area contributed by atoms with Crippen LogP contribution in [-0.4, -0.2) is 26.0 Å². The number of rotatable bonds is 6. The minimum absolute atomic E-state index is 0.253. The standard InChI is InChI=1S/C15H27BrN2OSi/c1-7-13(11-19-20(5,6)15(2,3)4)18-14-8-12(16)9-17-10-14/h8-10,13,18H,7,11H2,1-6H3/t13-/m0/s1. The van der Waals surface area contributed by atoms with Crippen LogP contribution in [0.1, 0.15) is 34.1 Å². The monoisotopic (exact) mass is 358 g/mol. The molecule has 3 nitrogen and oxygen atoms in total. The van der Waals surface area contributed by atoms with Crippen LogP contribution in [0.2, 0.25) is 18.1 Å². The highest BCUT2D eigenvalue weighted by atomic mass is 79.9. The third kappa shape index (κ3) is 5.18. The smallest absolute Gasteiger partial charge is 0.192 e. The largest absolute Gasteiger partial charge is 0.415 e. The van der Waals surface area contributed by atoms with E-state index in [1.807, 2.05) is 12.3 Å². The number of hydrogen-bond donors (Lipinski definition) is 1. The molecule has 0 aliphatic heterocycles. The predicted molar refractivity (Wildman–Crippen MR) is 92.8 cm³/mol. The molecule has 0 aliphatic rings. The van der Waals surface area contributed by atoms with Crippen LogP contribution in [0.15, 0.2) is 22.9 Å². The molecule has 0 saturated carbocycles. The highest BCUT2D eigenvalue weighted by Gasteiger charge is 2.37. The average Bonchev–Trinajstić information content (AvgIpc) is 2.33. The lowest BCUT2D eigenvalue weighted by Gasteiger charge is -2.37. The number of halogens is 1. The van der Waals surface area contributed by atoms with Crippen molar-refractivity contribution >= 4 is 29.9 Å². The first-order valence-corrected chi connectivity index (χ1v) is 10.9. The van der Waals surface area contributed by atoms with Gasteiger partial charge in [-0.2, -0.15) is 0 Å². The molecule has 0 fully saturated rings. The zero-order valence-electron chi connectivity index (χ0n) is 13.5. The predicted octanol–water partition coefficient (Wildman–Crippen LogP) is 5.06. The van der Waals surface area contributed by atoms with Crippen LogP contribution < -0.4 is 5.32 Å². The summed E-state index contributed by atoms with van der Waals surface area (Å²) in [5.41, 5.74) is 1.03. The Balaban J connectivity index is 2.60. The molecule has 0 amide bonds. The lowest BCUT2D eigenvalue weighted by atomic mass is 10.2. The molecular formula is C15H27BrN2OSi. The van der Waals surface area contributed by atoms with Crippen LogP contribution in [0.3, 0.4) is 0 Å². The molecule has 1 atom stereocenters. The van der Waals surface area contributed by atoms with Gasteiger partial charge in [0.1, 0.15) is 0 Å². The quantitative estimate of drug-likeness (QED) is 0.721. The highest BCUT2D eigenvalue weighted by Crippen LogP contribution is 2.36. The van der Waals surface area contributed by atoms with Crippen LogP contribution in [0, 0.1) is 0 Å². The van der Waals surface area contributed by atoms with Crippen molar-refractivity contribution in [2.75, 3.05) is 11.9 Å². The van der Waals surface area contributed by atoms with Crippen molar-refractivity contribution < 1.29 is 4.43 Å². The van der Waals surface area contributed by atoms with Gasteiger partial charge in [-0.3, -0.25) is 4.98 Å². The van der Waals surface area contributed by atoms with Gasteiger partial charge in [0.25, 0.3) is 0 Å². The van der Waals surface area contributed by atoms with Gasteiger partial charge in [-0.1, -0.05) is 27.7 Å². The molecule has 5 heteroatoms. The first-order valence-electron chi connectivity index (χ1n) is 7.17. The number of pyridine rings is 1. The maximum absolute atomic E-state index is 6.29. The summed E-state index contributed by atoms with van der Waals surface area (Å²) in [5, 5.41) is 3.75. The Morgan fingerprint density at radius 3 is 2.50 bits per heavy atom. The summed E-state index contributed by atoms with van der Waals surface area (Å²) in [4.78, 5) is 4.18. The van der Waals surface area contributed by atoms with Gasteiger partial charge in [0.2, 0.25) is 0 Å². The molecule has 0 bridgehead atoms.